The van der Waals surface area contributed by atoms with Crippen LogP contribution in [0.5, 0.6) is 0 Å². The van der Waals surface area contributed by atoms with Crippen molar-refractivity contribution >= 4 is 11.6 Å². The lowest BCUT2D eigenvalue weighted by atomic mass is 9.79. The van der Waals surface area contributed by atoms with Crippen LogP contribution in [-0.2, 0) is 9.59 Å². The van der Waals surface area contributed by atoms with Crippen molar-refractivity contribution in [3.05, 3.63) is 47.7 Å². The predicted octanol–water partition coefficient (Wildman–Crippen LogP) is 1.69. The van der Waals surface area contributed by atoms with Gasteiger partial charge in [0, 0.05) is 31.6 Å². The summed E-state index contributed by atoms with van der Waals surface area (Å²) in [4.78, 5) is 26.3. The average Bonchev–Trinajstić information content (AvgIpc) is 2.50. The van der Waals surface area contributed by atoms with Gasteiger partial charge in [-0.25, -0.2) is 4.39 Å². The maximum atomic E-state index is 14.4. The Morgan fingerprint density at radius 2 is 1.95 bits per heavy atom. The molecule has 0 radical (unpaired) electrons. The van der Waals surface area contributed by atoms with Crippen molar-refractivity contribution in [2.45, 2.75) is 18.5 Å². The zero-order valence-electron chi connectivity index (χ0n) is 12.9. The van der Waals surface area contributed by atoms with E-state index in [1.807, 2.05) is 25.1 Å². The smallest absolute Gasteiger partial charge is 0.202 e. The van der Waals surface area contributed by atoms with E-state index in [0.717, 1.165) is 6.54 Å². The van der Waals surface area contributed by atoms with Crippen molar-refractivity contribution in [3.8, 4) is 0 Å². The number of rotatable bonds is 5. The van der Waals surface area contributed by atoms with Crippen LogP contribution in [0.4, 0.5) is 4.39 Å². The van der Waals surface area contributed by atoms with E-state index in [0.29, 0.717) is 12.1 Å². The second-order valence-corrected chi connectivity index (χ2v) is 5.73. The molecule has 1 fully saturated rings. The molecule has 1 aliphatic rings. The lowest BCUT2D eigenvalue weighted by Gasteiger charge is -2.26. The minimum Gasteiger partial charge on any atom is -0.389 e. The Morgan fingerprint density at radius 1 is 1.27 bits per heavy atom. The van der Waals surface area contributed by atoms with E-state index < -0.39 is 17.9 Å². The van der Waals surface area contributed by atoms with Crippen LogP contribution in [0.15, 0.2) is 42.1 Å². The summed E-state index contributed by atoms with van der Waals surface area (Å²) in [6, 6.07) is 8.89. The summed E-state index contributed by atoms with van der Waals surface area (Å²) >= 11 is 0. The lowest BCUT2D eigenvalue weighted by molar-refractivity contribution is -0.128. The quantitative estimate of drug-likeness (QED) is 0.511. The molecule has 1 aromatic carbocycles. The number of halogens is 1. The van der Waals surface area contributed by atoms with Crippen molar-refractivity contribution in [2.75, 3.05) is 27.2 Å². The van der Waals surface area contributed by atoms with E-state index >= 15 is 0 Å². The second kappa shape index (κ2) is 7.31. The Labute approximate surface area is 130 Å². The lowest BCUT2D eigenvalue weighted by Crippen LogP contribution is -2.37. The molecule has 5 heteroatoms. The molecule has 2 rings (SSSR count). The molecule has 0 aliphatic heterocycles. The first-order valence-corrected chi connectivity index (χ1v) is 7.35. The molecule has 1 aromatic rings. The fraction of sp³-hybridized carbons (Fsp3) is 0.412. The summed E-state index contributed by atoms with van der Waals surface area (Å²) in [7, 11) is 3.85. The second-order valence-electron chi connectivity index (χ2n) is 5.73. The van der Waals surface area contributed by atoms with Crippen molar-refractivity contribution in [2.24, 2.45) is 0 Å². The van der Waals surface area contributed by atoms with E-state index in [-0.39, 0.29) is 17.8 Å². The summed E-state index contributed by atoms with van der Waals surface area (Å²) in [5.41, 5.74) is 0.634. The third kappa shape index (κ3) is 3.80. The highest BCUT2D eigenvalue weighted by atomic mass is 19.1. The molecule has 22 heavy (non-hydrogen) atoms. The van der Waals surface area contributed by atoms with Crippen LogP contribution in [0.3, 0.4) is 0 Å². The number of nitrogens with zero attached hydrogens (tertiary/aromatic N) is 1. The summed E-state index contributed by atoms with van der Waals surface area (Å²) in [5, 5.41) is 2.91. The van der Waals surface area contributed by atoms with Gasteiger partial charge in [0.05, 0.1) is 5.57 Å². The van der Waals surface area contributed by atoms with E-state index in [1.54, 1.807) is 24.3 Å². The molecule has 0 amide bonds. The van der Waals surface area contributed by atoms with Crippen LogP contribution in [0, 0.1) is 0 Å². The normalized spacial score (nSPS) is 24.1. The number of benzene rings is 1. The van der Waals surface area contributed by atoms with Gasteiger partial charge in [-0.2, -0.15) is 0 Å². The molecule has 0 spiro atoms. The first-order chi connectivity index (χ1) is 10.5. The third-order valence-electron chi connectivity index (χ3n) is 3.75. The molecular formula is C17H21FN2O2. The number of carbonyl (C=O) groups excluding carboxylic acids is 2. The summed E-state index contributed by atoms with van der Waals surface area (Å²) in [6.07, 6.45) is -0.276. The summed E-state index contributed by atoms with van der Waals surface area (Å²) < 4.78 is 14.4. The molecular weight excluding hydrogens is 283 g/mol. The molecule has 2 unspecified atom stereocenters. The largest absolute Gasteiger partial charge is 0.389 e. The Morgan fingerprint density at radius 3 is 2.59 bits per heavy atom. The number of carbonyl (C=O) groups is 2. The Kier molecular flexibility index (Phi) is 5.44. The van der Waals surface area contributed by atoms with Crippen molar-refractivity contribution in [1.29, 1.82) is 0 Å². The molecule has 1 N–H and O–H groups in total. The topological polar surface area (TPSA) is 49.4 Å². The molecule has 0 aromatic heterocycles. The summed E-state index contributed by atoms with van der Waals surface area (Å²) in [6.45, 7) is 1.36. The van der Waals surface area contributed by atoms with Crippen molar-refractivity contribution < 1.29 is 14.0 Å². The first-order valence-electron chi connectivity index (χ1n) is 7.35. The molecule has 0 bridgehead atoms. The fourth-order valence-electron chi connectivity index (χ4n) is 2.48. The zero-order valence-corrected chi connectivity index (χ0v) is 12.9. The van der Waals surface area contributed by atoms with Gasteiger partial charge in [0.2, 0.25) is 5.78 Å². The van der Waals surface area contributed by atoms with Crippen LogP contribution in [-0.4, -0.2) is 49.8 Å². The van der Waals surface area contributed by atoms with Gasteiger partial charge in [0.25, 0.3) is 0 Å². The van der Waals surface area contributed by atoms with Crippen LogP contribution in [0.1, 0.15) is 17.9 Å². The Balaban J connectivity index is 2.08. The van der Waals surface area contributed by atoms with Gasteiger partial charge in [-0.15, -0.1) is 0 Å². The number of allylic oxidation sites excluding steroid dienone is 1. The fourth-order valence-corrected chi connectivity index (χ4v) is 2.48. The van der Waals surface area contributed by atoms with E-state index in [2.05, 4.69) is 5.32 Å². The highest BCUT2D eigenvalue weighted by Gasteiger charge is 2.40. The van der Waals surface area contributed by atoms with Crippen LogP contribution in [0.25, 0.3) is 0 Å². The number of nitrogens with one attached hydrogen (secondary N) is 1. The van der Waals surface area contributed by atoms with Crippen molar-refractivity contribution in [1.82, 2.24) is 10.2 Å². The number of hydrogen-bond acceptors (Lipinski definition) is 4. The SMILES string of the molecule is CN(C)CCN/C=C1\C(=O)CC(c2ccccc2)C(F)C1=O. The summed E-state index contributed by atoms with van der Waals surface area (Å²) in [5.74, 6) is -1.70. The maximum Gasteiger partial charge on any atom is 0.202 e. The first kappa shape index (κ1) is 16.4. The molecule has 1 aliphatic carbocycles. The van der Waals surface area contributed by atoms with Crippen LogP contribution >= 0.6 is 0 Å². The average molecular weight is 304 g/mol. The number of likely N-dealkylation sites (N-methyl/N-ethyl adjacent to an activating group) is 1. The third-order valence-corrected chi connectivity index (χ3v) is 3.75. The van der Waals surface area contributed by atoms with Gasteiger partial charge in [0.1, 0.15) is 0 Å². The maximum absolute atomic E-state index is 14.4. The minimum atomic E-state index is -1.66. The van der Waals surface area contributed by atoms with Crippen LogP contribution in [0.2, 0.25) is 0 Å². The highest BCUT2D eigenvalue weighted by Crippen LogP contribution is 2.33. The Hall–Kier alpha value is -2.01. The van der Waals surface area contributed by atoms with Gasteiger partial charge < -0.3 is 10.2 Å². The monoisotopic (exact) mass is 304 g/mol. The molecule has 0 saturated heterocycles. The van der Waals surface area contributed by atoms with Gasteiger partial charge >= 0.3 is 0 Å². The van der Waals surface area contributed by atoms with Gasteiger partial charge in [0.15, 0.2) is 12.0 Å². The predicted molar refractivity (Wildman–Crippen MR) is 83.3 cm³/mol. The number of alkyl halides is 1. The van der Waals surface area contributed by atoms with E-state index in [9.17, 15) is 14.0 Å². The minimum absolute atomic E-state index is 0.0259. The standard InChI is InChI=1S/C17H21FN2O2/c1-20(2)9-8-19-11-14-15(21)10-13(16(18)17(14)22)12-6-4-3-5-7-12/h3-7,11,13,16,19H,8-10H2,1-2H3/b14-11+. The Bertz CT molecular complexity index is 569. The van der Waals surface area contributed by atoms with Gasteiger partial charge in [-0.3, -0.25) is 9.59 Å². The van der Waals surface area contributed by atoms with E-state index in [4.69, 9.17) is 0 Å². The highest BCUT2D eigenvalue weighted by molar-refractivity contribution is 6.23. The van der Waals surface area contributed by atoms with E-state index in [1.165, 1.54) is 6.20 Å². The molecule has 2 atom stereocenters. The zero-order chi connectivity index (χ0) is 16.1. The number of Topliss-reactive ketones (excluding diaryl/α,β-unsaturated/α-hetero) is 2. The number of ketones is 2. The van der Waals surface area contributed by atoms with Crippen LogP contribution < -0.4 is 5.32 Å². The number of hydrogen-bond donors (Lipinski definition) is 1. The van der Waals surface area contributed by atoms with Gasteiger partial charge in [-0.05, 0) is 19.7 Å². The molecule has 1 saturated carbocycles. The molecule has 4 nitrogen and oxygen atoms in total. The molecule has 118 valence electrons. The van der Waals surface area contributed by atoms with Gasteiger partial charge in [-0.1, -0.05) is 30.3 Å². The molecule has 0 heterocycles. The van der Waals surface area contributed by atoms with Crippen molar-refractivity contribution in [3.63, 3.8) is 0 Å².